The number of hydrogen-bond acceptors (Lipinski definition) is 3. The summed E-state index contributed by atoms with van der Waals surface area (Å²) in [4.78, 5) is 11.2. The summed E-state index contributed by atoms with van der Waals surface area (Å²) in [5.41, 5.74) is 0.947. The number of aryl methyl sites for hydroxylation is 1. The van der Waals surface area contributed by atoms with Crippen molar-refractivity contribution in [3.8, 4) is 0 Å². The third kappa shape index (κ3) is 4.25. The third-order valence-corrected chi connectivity index (χ3v) is 3.18. The SMILES string of the molecule is CCCN(Cc1nc(C)cc(Cl)n1)CC1CC1. The molecule has 0 radical (unpaired) electrons. The number of halogens is 1. The Morgan fingerprint density at radius 3 is 2.76 bits per heavy atom. The molecule has 1 saturated carbocycles. The van der Waals surface area contributed by atoms with Gasteiger partial charge in [0.25, 0.3) is 0 Å². The van der Waals surface area contributed by atoms with E-state index in [0.29, 0.717) is 5.15 Å². The van der Waals surface area contributed by atoms with E-state index in [4.69, 9.17) is 11.6 Å². The van der Waals surface area contributed by atoms with E-state index < -0.39 is 0 Å². The molecule has 0 bridgehead atoms. The molecule has 0 N–H and O–H groups in total. The second-order valence-electron chi connectivity index (χ2n) is 4.93. The molecule has 1 aromatic heterocycles. The van der Waals surface area contributed by atoms with Crippen molar-refractivity contribution < 1.29 is 0 Å². The highest BCUT2D eigenvalue weighted by Gasteiger charge is 2.24. The van der Waals surface area contributed by atoms with Crippen LogP contribution < -0.4 is 0 Å². The van der Waals surface area contributed by atoms with Crippen LogP contribution in [0.25, 0.3) is 0 Å². The van der Waals surface area contributed by atoms with Gasteiger partial charge in [0.1, 0.15) is 11.0 Å². The molecular weight excluding hydrogens is 234 g/mol. The van der Waals surface area contributed by atoms with Gasteiger partial charge in [-0.1, -0.05) is 18.5 Å². The summed E-state index contributed by atoms with van der Waals surface area (Å²) in [6, 6.07) is 1.80. The van der Waals surface area contributed by atoms with Crippen molar-refractivity contribution >= 4 is 11.6 Å². The molecule has 3 nitrogen and oxygen atoms in total. The minimum Gasteiger partial charge on any atom is -0.296 e. The van der Waals surface area contributed by atoms with Crippen molar-refractivity contribution in [2.45, 2.75) is 39.7 Å². The van der Waals surface area contributed by atoms with Crippen LogP contribution in [-0.4, -0.2) is 28.0 Å². The van der Waals surface area contributed by atoms with Gasteiger partial charge in [-0.2, -0.15) is 0 Å². The van der Waals surface area contributed by atoms with Gasteiger partial charge in [-0.05, 0) is 44.7 Å². The minimum atomic E-state index is 0.551. The van der Waals surface area contributed by atoms with Gasteiger partial charge < -0.3 is 0 Å². The molecule has 0 aromatic carbocycles. The van der Waals surface area contributed by atoms with Crippen molar-refractivity contribution in [1.29, 1.82) is 0 Å². The molecule has 4 heteroatoms. The van der Waals surface area contributed by atoms with Crippen molar-refractivity contribution in [2.75, 3.05) is 13.1 Å². The molecule has 0 atom stereocenters. The van der Waals surface area contributed by atoms with Crippen LogP contribution in [0.5, 0.6) is 0 Å². The first kappa shape index (κ1) is 12.8. The van der Waals surface area contributed by atoms with Gasteiger partial charge in [-0.15, -0.1) is 0 Å². The average Bonchev–Trinajstić information content (AvgIpc) is 3.00. The van der Waals surface area contributed by atoms with Crippen molar-refractivity contribution in [2.24, 2.45) is 5.92 Å². The van der Waals surface area contributed by atoms with E-state index in [2.05, 4.69) is 21.8 Å². The minimum absolute atomic E-state index is 0.551. The van der Waals surface area contributed by atoms with Crippen LogP contribution in [-0.2, 0) is 6.54 Å². The molecule has 1 aromatic rings. The Balaban J connectivity index is 1.99. The molecule has 0 spiro atoms. The highest BCUT2D eigenvalue weighted by molar-refractivity contribution is 6.29. The fourth-order valence-electron chi connectivity index (χ4n) is 2.08. The van der Waals surface area contributed by atoms with Gasteiger partial charge >= 0.3 is 0 Å². The fraction of sp³-hybridized carbons (Fsp3) is 0.692. The van der Waals surface area contributed by atoms with Crippen molar-refractivity contribution in [1.82, 2.24) is 14.9 Å². The Hall–Kier alpha value is -0.670. The molecule has 94 valence electrons. The molecule has 1 heterocycles. The zero-order valence-corrected chi connectivity index (χ0v) is 11.4. The fourth-order valence-corrected chi connectivity index (χ4v) is 2.33. The summed E-state index contributed by atoms with van der Waals surface area (Å²) in [5, 5.41) is 0.551. The average molecular weight is 254 g/mol. The first-order valence-electron chi connectivity index (χ1n) is 6.39. The van der Waals surface area contributed by atoms with Gasteiger partial charge in [0.2, 0.25) is 0 Å². The molecule has 1 fully saturated rings. The van der Waals surface area contributed by atoms with E-state index in [0.717, 1.165) is 30.5 Å². The van der Waals surface area contributed by atoms with E-state index in [1.165, 1.54) is 25.8 Å². The zero-order valence-electron chi connectivity index (χ0n) is 10.6. The summed E-state index contributed by atoms with van der Waals surface area (Å²) in [7, 11) is 0. The lowest BCUT2D eigenvalue weighted by Gasteiger charge is -2.20. The molecule has 1 aliphatic rings. The van der Waals surface area contributed by atoms with E-state index in [1.807, 2.05) is 6.92 Å². The maximum absolute atomic E-state index is 5.96. The van der Waals surface area contributed by atoms with Crippen LogP contribution in [0.3, 0.4) is 0 Å². The van der Waals surface area contributed by atoms with Crippen LogP contribution in [0.4, 0.5) is 0 Å². The van der Waals surface area contributed by atoms with E-state index >= 15 is 0 Å². The highest BCUT2D eigenvalue weighted by atomic mass is 35.5. The summed E-state index contributed by atoms with van der Waals surface area (Å²) in [6.45, 7) is 7.30. The standard InChI is InChI=1S/C13H20ClN3/c1-3-6-17(8-11-4-5-11)9-13-15-10(2)7-12(14)16-13/h7,11H,3-6,8-9H2,1-2H3. The zero-order chi connectivity index (χ0) is 12.3. The number of rotatable bonds is 6. The molecule has 2 rings (SSSR count). The Labute approximate surface area is 108 Å². The predicted octanol–water partition coefficient (Wildman–Crippen LogP) is 3.06. The Kier molecular flexibility index (Phi) is 4.35. The maximum atomic E-state index is 5.96. The van der Waals surface area contributed by atoms with Gasteiger partial charge in [0.15, 0.2) is 0 Å². The number of nitrogens with zero attached hydrogens (tertiary/aromatic N) is 3. The molecule has 1 aliphatic carbocycles. The second kappa shape index (κ2) is 5.78. The topological polar surface area (TPSA) is 29.0 Å². The number of hydrogen-bond donors (Lipinski definition) is 0. The van der Waals surface area contributed by atoms with Gasteiger partial charge in [0.05, 0.1) is 6.54 Å². The van der Waals surface area contributed by atoms with Gasteiger partial charge in [0, 0.05) is 12.2 Å². The van der Waals surface area contributed by atoms with Crippen LogP contribution in [0.1, 0.15) is 37.7 Å². The summed E-state index contributed by atoms with van der Waals surface area (Å²) >= 11 is 5.96. The largest absolute Gasteiger partial charge is 0.296 e. The monoisotopic (exact) mass is 253 g/mol. The molecule has 17 heavy (non-hydrogen) atoms. The lowest BCUT2D eigenvalue weighted by atomic mass is 10.3. The summed E-state index contributed by atoms with van der Waals surface area (Å²) in [6.07, 6.45) is 3.94. The predicted molar refractivity (Wildman–Crippen MR) is 70.1 cm³/mol. The van der Waals surface area contributed by atoms with Crippen LogP contribution in [0.2, 0.25) is 5.15 Å². The lowest BCUT2D eigenvalue weighted by Crippen LogP contribution is -2.27. The van der Waals surface area contributed by atoms with Gasteiger partial charge in [-0.25, -0.2) is 9.97 Å². The molecule has 0 saturated heterocycles. The van der Waals surface area contributed by atoms with Crippen molar-refractivity contribution in [3.05, 3.63) is 22.7 Å². The van der Waals surface area contributed by atoms with E-state index in [-0.39, 0.29) is 0 Å². The molecule has 0 unspecified atom stereocenters. The maximum Gasteiger partial charge on any atom is 0.144 e. The van der Waals surface area contributed by atoms with E-state index in [1.54, 1.807) is 6.07 Å². The molecule has 0 aliphatic heterocycles. The Morgan fingerprint density at radius 2 is 2.18 bits per heavy atom. The van der Waals surface area contributed by atoms with Gasteiger partial charge in [-0.3, -0.25) is 4.90 Å². The second-order valence-corrected chi connectivity index (χ2v) is 5.31. The lowest BCUT2D eigenvalue weighted by molar-refractivity contribution is 0.249. The first-order chi connectivity index (χ1) is 8.17. The molecule has 0 amide bonds. The normalized spacial score (nSPS) is 15.5. The van der Waals surface area contributed by atoms with Crippen molar-refractivity contribution in [3.63, 3.8) is 0 Å². The van der Waals surface area contributed by atoms with E-state index in [9.17, 15) is 0 Å². The Bertz CT molecular complexity index is 357. The summed E-state index contributed by atoms with van der Waals surface area (Å²) in [5.74, 6) is 1.76. The van der Waals surface area contributed by atoms with Crippen LogP contribution >= 0.6 is 11.6 Å². The first-order valence-corrected chi connectivity index (χ1v) is 6.77. The number of aromatic nitrogens is 2. The highest BCUT2D eigenvalue weighted by Crippen LogP contribution is 2.30. The summed E-state index contributed by atoms with van der Waals surface area (Å²) < 4.78 is 0. The quantitative estimate of drug-likeness (QED) is 0.730. The van der Waals surface area contributed by atoms with Crippen LogP contribution in [0, 0.1) is 12.8 Å². The molecular formula is C13H20ClN3. The Morgan fingerprint density at radius 1 is 1.41 bits per heavy atom. The smallest absolute Gasteiger partial charge is 0.144 e. The third-order valence-electron chi connectivity index (χ3n) is 2.99. The van der Waals surface area contributed by atoms with Crippen LogP contribution in [0.15, 0.2) is 6.07 Å².